The van der Waals surface area contributed by atoms with Crippen molar-refractivity contribution in [2.45, 2.75) is 44.6 Å². The molecule has 0 aliphatic heterocycles. The van der Waals surface area contributed by atoms with E-state index in [0.29, 0.717) is 12.5 Å². The van der Waals surface area contributed by atoms with E-state index in [-0.39, 0.29) is 17.5 Å². The van der Waals surface area contributed by atoms with Crippen LogP contribution in [0.1, 0.15) is 34.1 Å². The molecule has 128 valence electrons. The molecular weight excluding hydrogens is 326 g/mol. The lowest BCUT2D eigenvalue weighted by molar-refractivity contribution is -0.117. The summed E-state index contributed by atoms with van der Waals surface area (Å²) in [6.07, 6.45) is 0.700. The molecule has 1 amide bonds. The highest BCUT2D eigenvalue weighted by Gasteiger charge is 2.39. The van der Waals surface area contributed by atoms with E-state index in [9.17, 15) is 22.0 Å². The largest absolute Gasteiger partial charge is 0.323 e. The number of nitrogens with one attached hydrogen (secondary N) is 2. The first-order chi connectivity index (χ1) is 10.4. The predicted molar refractivity (Wildman–Crippen MR) is 82.3 cm³/mol. The average molecular weight is 346 g/mol. The number of benzene rings is 1. The summed E-state index contributed by atoms with van der Waals surface area (Å²) in [4.78, 5) is 11.2. The Kier molecular flexibility index (Phi) is 4.51. The summed E-state index contributed by atoms with van der Waals surface area (Å²) >= 11 is 0. The molecule has 1 saturated carbocycles. The monoisotopic (exact) mass is 346 g/mol. The van der Waals surface area contributed by atoms with Gasteiger partial charge in [-0.1, -0.05) is 6.92 Å². The van der Waals surface area contributed by atoms with E-state index in [2.05, 4.69) is 10.0 Å². The maximum Gasteiger partial charge on any atom is 0.244 e. The fourth-order valence-electron chi connectivity index (χ4n) is 2.20. The van der Waals surface area contributed by atoms with E-state index in [1.807, 2.05) is 6.92 Å². The van der Waals surface area contributed by atoms with Gasteiger partial charge in [0.1, 0.15) is 16.5 Å². The molecule has 0 heterocycles. The number of rotatable bonds is 4. The molecule has 2 N–H and O–H groups in total. The minimum Gasteiger partial charge on any atom is -0.323 e. The topological polar surface area (TPSA) is 75.3 Å². The smallest absolute Gasteiger partial charge is 0.244 e. The Morgan fingerprint density at radius 2 is 1.78 bits per heavy atom. The Bertz CT molecular complexity index is 742. The van der Waals surface area contributed by atoms with Gasteiger partial charge in [-0.3, -0.25) is 4.79 Å². The number of amides is 1. The zero-order valence-electron chi connectivity index (χ0n) is 13.4. The number of anilines is 1. The van der Waals surface area contributed by atoms with Crippen LogP contribution in [0.5, 0.6) is 0 Å². The molecule has 0 spiro atoms. The van der Waals surface area contributed by atoms with Crippen molar-refractivity contribution in [3.05, 3.63) is 23.8 Å². The van der Waals surface area contributed by atoms with Crippen LogP contribution in [0.2, 0.25) is 0 Å². The van der Waals surface area contributed by atoms with Gasteiger partial charge in [0.25, 0.3) is 0 Å². The number of hydrogen-bond acceptors (Lipinski definition) is 3. The van der Waals surface area contributed by atoms with Crippen LogP contribution in [-0.2, 0) is 14.8 Å². The Morgan fingerprint density at radius 3 is 2.26 bits per heavy atom. The van der Waals surface area contributed by atoms with Gasteiger partial charge in [-0.15, -0.1) is 0 Å². The molecule has 0 radical (unpaired) electrons. The summed E-state index contributed by atoms with van der Waals surface area (Å²) in [7, 11) is -4.18. The molecule has 1 aliphatic carbocycles. The van der Waals surface area contributed by atoms with Gasteiger partial charge < -0.3 is 5.32 Å². The number of hydrogen-bond donors (Lipinski definition) is 2. The van der Waals surface area contributed by atoms with Crippen LogP contribution in [-0.4, -0.2) is 19.9 Å². The maximum atomic E-state index is 13.9. The lowest BCUT2D eigenvalue weighted by atomic mass is 10.1. The third-order valence-corrected chi connectivity index (χ3v) is 5.23. The van der Waals surface area contributed by atoms with Crippen molar-refractivity contribution in [3.63, 3.8) is 0 Å². The maximum absolute atomic E-state index is 13.9. The van der Waals surface area contributed by atoms with Gasteiger partial charge in [0.2, 0.25) is 15.9 Å². The summed E-state index contributed by atoms with van der Waals surface area (Å²) in [6.45, 7) is 6.68. The molecular formula is C15H20F2N2O3S. The second kappa shape index (κ2) is 5.83. The lowest BCUT2D eigenvalue weighted by Gasteiger charge is -2.21. The number of carbonyl (C=O) groups is 1. The standard InChI is InChI=1S/C15H20F2N2O3S/c1-8-5-9(8)14(20)18-12-7-13(11(17)6-10(12)16)23(21,22)19-15(2,3)4/h6-9,19H,5H2,1-4H3,(H,18,20)/t8-,9-/m1/s1. The quantitative estimate of drug-likeness (QED) is 0.880. The summed E-state index contributed by atoms with van der Waals surface area (Å²) in [6, 6.07) is 1.27. The summed E-state index contributed by atoms with van der Waals surface area (Å²) in [5, 5.41) is 2.33. The van der Waals surface area contributed by atoms with Gasteiger partial charge in [0.15, 0.2) is 0 Å². The van der Waals surface area contributed by atoms with Gasteiger partial charge in [0, 0.05) is 17.5 Å². The molecule has 8 heteroatoms. The van der Waals surface area contributed by atoms with Crippen LogP contribution < -0.4 is 10.0 Å². The first kappa shape index (κ1) is 17.8. The number of sulfonamides is 1. The van der Waals surface area contributed by atoms with E-state index < -0.39 is 38.0 Å². The van der Waals surface area contributed by atoms with Gasteiger partial charge in [-0.05, 0) is 39.2 Å². The molecule has 1 aromatic rings. The van der Waals surface area contributed by atoms with E-state index in [1.54, 1.807) is 20.8 Å². The molecule has 5 nitrogen and oxygen atoms in total. The normalized spacial score (nSPS) is 21.1. The van der Waals surface area contributed by atoms with Crippen LogP contribution >= 0.6 is 0 Å². The molecule has 0 bridgehead atoms. The molecule has 0 aromatic heterocycles. The fraction of sp³-hybridized carbons (Fsp3) is 0.533. The van der Waals surface area contributed by atoms with Gasteiger partial charge in [-0.2, -0.15) is 0 Å². The molecule has 1 fully saturated rings. The number of halogens is 2. The van der Waals surface area contributed by atoms with Gasteiger partial charge in [0.05, 0.1) is 5.69 Å². The zero-order chi connectivity index (χ0) is 17.6. The Hall–Kier alpha value is -1.54. The third-order valence-electron chi connectivity index (χ3n) is 3.46. The zero-order valence-corrected chi connectivity index (χ0v) is 14.2. The van der Waals surface area contributed by atoms with E-state index in [4.69, 9.17) is 0 Å². The molecule has 0 unspecified atom stereocenters. The molecule has 1 aliphatic rings. The Balaban J connectivity index is 2.34. The van der Waals surface area contributed by atoms with Crippen LogP contribution in [0.15, 0.2) is 17.0 Å². The van der Waals surface area contributed by atoms with Crippen molar-refractivity contribution >= 4 is 21.6 Å². The van der Waals surface area contributed by atoms with Crippen molar-refractivity contribution < 1.29 is 22.0 Å². The molecule has 1 aromatic carbocycles. The van der Waals surface area contributed by atoms with Crippen LogP contribution in [0.25, 0.3) is 0 Å². The fourth-order valence-corrected chi connectivity index (χ4v) is 3.71. The van der Waals surface area contributed by atoms with Crippen molar-refractivity contribution in [1.29, 1.82) is 0 Å². The SMILES string of the molecule is C[C@@H]1C[C@H]1C(=O)Nc1cc(S(=O)(=O)NC(C)(C)C)c(F)cc1F. The summed E-state index contributed by atoms with van der Waals surface area (Å²) in [5.74, 6) is -2.62. The highest BCUT2D eigenvalue weighted by atomic mass is 32.2. The van der Waals surface area contributed by atoms with E-state index in [0.717, 1.165) is 6.07 Å². The second-order valence-corrected chi connectivity index (χ2v) is 8.58. The van der Waals surface area contributed by atoms with Crippen LogP contribution in [0, 0.1) is 23.5 Å². The van der Waals surface area contributed by atoms with Crippen molar-refractivity contribution in [2.24, 2.45) is 11.8 Å². The Morgan fingerprint density at radius 1 is 1.22 bits per heavy atom. The van der Waals surface area contributed by atoms with E-state index in [1.165, 1.54) is 0 Å². The van der Waals surface area contributed by atoms with Gasteiger partial charge >= 0.3 is 0 Å². The molecule has 0 saturated heterocycles. The molecule has 2 atom stereocenters. The Labute approximate surface area is 134 Å². The van der Waals surface area contributed by atoms with Crippen molar-refractivity contribution in [3.8, 4) is 0 Å². The first-order valence-corrected chi connectivity index (χ1v) is 8.73. The highest BCUT2D eigenvalue weighted by molar-refractivity contribution is 7.89. The summed E-state index contributed by atoms with van der Waals surface area (Å²) < 4.78 is 54.5. The second-order valence-electron chi connectivity index (χ2n) is 6.93. The summed E-state index contributed by atoms with van der Waals surface area (Å²) in [5.41, 5.74) is -1.17. The molecule has 2 rings (SSSR count). The number of carbonyl (C=O) groups excluding carboxylic acids is 1. The van der Waals surface area contributed by atoms with E-state index >= 15 is 0 Å². The van der Waals surface area contributed by atoms with Crippen LogP contribution in [0.3, 0.4) is 0 Å². The lowest BCUT2D eigenvalue weighted by Crippen LogP contribution is -2.40. The highest BCUT2D eigenvalue weighted by Crippen LogP contribution is 2.38. The van der Waals surface area contributed by atoms with Crippen molar-refractivity contribution in [1.82, 2.24) is 4.72 Å². The minimum atomic E-state index is -4.18. The molecule has 23 heavy (non-hydrogen) atoms. The minimum absolute atomic E-state index is 0.212. The first-order valence-electron chi connectivity index (χ1n) is 7.24. The predicted octanol–water partition coefficient (Wildman–Crippen LogP) is 2.64. The third kappa shape index (κ3) is 4.26. The van der Waals surface area contributed by atoms with Crippen LogP contribution in [0.4, 0.5) is 14.5 Å². The average Bonchev–Trinajstić information content (AvgIpc) is 3.06. The van der Waals surface area contributed by atoms with Crippen molar-refractivity contribution in [2.75, 3.05) is 5.32 Å². The van der Waals surface area contributed by atoms with Gasteiger partial charge in [-0.25, -0.2) is 21.9 Å².